The number of carbonyl (C=O) groups excluding carboxylic acids is 1. The predicted octanol–water partition coefficient (Wildman–Crippen LogP) is 1.42. The van der Waals surface area contributed by atoms with Crippen LogP contribution < -0.4 is 0 Å². The number of ether oxygens (including phenoxy) is 1. The van der Waals surface area contributed by atoms with Crippen molar-refractivity contribution in [3.8, 4) is 0 Å². The second-order valence-corrected chi connectivity index (χ2v) is 2.84. The molecule has 0 amide bonds. The molecule has 0 aromatic rings. The van der Waals surface area contributed by atoms with Gasteiger partial charge in [0.1, 0.15) is 0 Å². The van der Waals surface area contributed by atoms with E-state index < -0.39 is 5.97 Å². The summed E-state index contributed by atoms with van der Waals surface area (Å²) in [5.41, 5.74) is 14.9. The maximum Gasteiger partial charge on any atom is 0.413 e. The zero-order valence-corrected chi connectivity index (χ0v) is 8.14. The maximum absolute atomic E-state index is 10.7. The Bertz CT molecular complexity index is 416. The summed E-state index contributed by atoms with van der Waals surface area (Å²) in [7, 11) is 0. The molecule has 0 unspecified atom stereocenters. The smallest absolute Gasteiger partial charge is 0.413 e. The largest absolute Gasteiger partial charge is 0.457 e. The van der Waals surface area contributed by atoms with E-state index in [2.05, 4.69) is 16.3 Å². The molecule has 0 aliphatic heterocycles. The van der Waals surface area contributed by atoms with Crippen LogP contribution in [0.25, 0.3) is 5.53 Å². The molecule has 1 aliphatic rings. The average molecular weight is 202 g/mol. The molecule has 0 fully saturated rings. The minimum atomic E-state index is -0.638. The Morgan fingerprint density at radius 1 is 1.67 bits per heavy atom. The van der Waals surface area contributed by atoms with E-state index in [1.807, 2.05) is 12.2 Å². The summed E-state index contributed by atoms with van der Waals surface area (Å²) in [5, 5.41) is 0. The molecule has 0 saturated heterocycles. The summed E-state index contributed by atoms with van der Waals surface area (Å²) in [6.07, 6.45) is 7.81. The Kier molecular flexibility index (Phi) is 4.65. The first-order valence-corrected chi connectivity index (χ1v) is 4.54. The number of hydrogen-bond donors (Lipinski definition) is 0. The highest BCUT2D eigenvalue weighted by molar-refractivity contribution is 6.20. The molecule has 0 N–H and O–H groups in total. The van der Waals surface area contributed by atoms with Crippen molar-refractivity contribution in [2.75, 3.05) is 6.61 Å². The van der Waals surface area contributed by atoms with Crippen molar-refractivity contribution in [1.82, 2.24) is 0 Å². The van der Waals surface area contributed by atoms with Gasteiger partial charge in [-0.2, -0.15) is 4.79 Å². The number of hydrogen-bond acceptors (Lipinski definition) is 2. The van der Waals surface area contributed by atoms with Crippen LogP contribution in [0, 0.1) is 0 Å². The van der Waals surface area contributed by atoms with Crippen molar-refractivity contribution in [3.63, 3.8) is 0 Å². The Morgan fingerprint density at radius 2 is 2.53 bits per heavy atom. The van der Waals surface area contributed by atoms with E-state index in [4.69, 9.17) is 10.3 Å². The normalized spacial score (nSPS) is 11.9. The quantitative estimate of drug-likeness (QED) is 0.169. The first kappa shape index (κ1) is 11.0. The van der Waals surface area contributed by atoms with Crippen LogP contribution in [0.4, 0.5) is 0 Å². The summed E-state index contributed by atoms with van der Waals surface area (Å²) in [6, 6.07) is 0. The van der Waals surface area contributed by atoms with Gasteiger partial charge in [-0.25, -0.2) is 4.79 Å². The number of esters is 1. The molecule has 4 heteroatoms. The molecular formula is C11H10N2O2. The third kappa shape index (κ3) is 4.61. The molecule has 0 bridgehead atoms. The van der Waals surface area contributed by atoms with Gasteiger partial charge in [0.2, 0.25) is 0 Å². The molecule has 0 aromatic carbocycles. The molecule has 0 heterocycles. The van der Waals surface area contributed by atoms with Crippen LogP contribution in [0.5, 0.6) is 0 Å². The van der Waals surface area contributed by atoms with E-state index in [0.717, 1.165) is 18.2 Å². The summed E-state index contributed by atoms with van der Waals surface area (Å²) in [5.74, 6) is -0.638. The highest BCUT2D eigenvalue weighted by atomic mass is 16.5. The van der Waals surface area contributed by atoms with Gasteiger partial charge in [-0.05, 0) is 25.0 Å². The monoisotopic (exact) mass is 202 g/mol. The van der Waals surface area contributed by atoms with Crippen LogP contribution in [0.2, 0.25) is 0 Å². The van der Waals surface area contributed by atoms with Gasteiger partial charge < -0.3 is 10.3 Å². The summed E-state index contributed by atoms with van der Waals surface area (Å²) < 4.78 is 4.73. The summed E-state index contributed by atoms with van der Waals surface area (Å²) >= 11 is 0. The van der Waals surface area contributed by atoms with Crippen LogP contribution in [0.1, 0.15) is 12.8 Å². The Balaban J connectivity index is 2.20. The third-order valence-corrected chi connectivity index (χ3v) is 1.71. The fourth-order valence-electron chi connectivity index (χ4n) is 1.05. The Morgan fingerprint density at radius 3 is 3.20 bits per heavy atom. The zero-order valence-electron chi connectivity index (χ0n) is 8.14. The lowest BCUT2D eigenvalue weighted by molar-refractivity contribution is -0.139. The molecule has 0 radical (unpaired) electrons. The molecule has 4 nitrogen and oxygen atoms in total. The lowest BCUT2D eigenvalue weighted by Gasteiger charge is -2.00. The van der Waals surface area contributed by atoms with Crippen molar-refractivity contribution >= 4 is 12.2 Å². The van der Waals surface area contributed by atoms with Crippen LogP contribution in [0.15, 0.2) is 35.3 Å². The predicted molar refractivity (Wildman–Crippen MR) is 54.1 cm³/mol. The van der Waals surface area contributed by atoms with Gasteiger partial charge in [0.15, 0.2) is 0 Å². The van der Waals surface area contributed by atoms with Crippen LogP contribution in [-0.2, 0) is 9.53 Å². The maximum atomic E-state index is 10.7. The van der Waals surface area contributed by atoms with Crippen molar-refractivity contribution < 1.29 is 14.3 Å². The number of rotatable bonds is 5. The molecule has 15 heavy (non-hydrogen) atoms. The highest BCUT2D eigenvalue weighted by Crippen LogP contribution is 2.07. The molecule has 76 valence electrons. The van der Waals surface area contributed by atoms with Crippen molar-refractivity contribution in [1.29, 1.82) is 0 Å². The van der Waals surface area contributed by atoms with Gasteiger partial charge in [0.05, 0.1) is 6.61 Å². The molecule has 0 spiro atoms. The van der Waals surface area contributed by atoms with Gasteiger partial charge in [0, 0.05) is 5.57 Å². The molecule has 0 saturated carbocycles. The van der Waals surface area contributed by atoms with Crippen LogP contribution >= 0.6 is 0 Å². The minimum Gasteiger partial charge on any atom is -0.457 e. The SMILES string of the molecule is [N-]=[N+]=CC(=O)OCCCC1=C=C=CC=C1. The topological polar surface area (TPSA) is 62.7 Å². The van der Waals surface area contributed by atoms with E-state index in [-0.39, 0.29) is 0 Å². The average Bonchev–Trinajstić information content (AvgIpc) is 2.26. The van der Waals surface area contributed by atoms with Crippen LogP contribution in [0.3, 0.4) is 0 Å². The van der Waals surface area contributed by atoms with Crippen molar-refractivity contribution in [2.45, 2.75) is 12.8 Å². The molecule has 1 rings (SSSR count). The highest BCUT2D eigenvalue weighted by Gasteiger charge is 2.02. The van der Waals surface area contributed by atoms with Crippen molar-refractivity contribution in [2.24, 2.45) is 0 Å². The van der Waals surface area contributed by atoms with E-state index in [9.17, 15) is 4.79 Å². The van der Waals surface area contributed by atoms with E-state index >= 15 is 0 Å². The van der Waals surface area contributed by atoms with Gasteiger partial charge in [-0.1, -0.05) is 17.5 Å². The molecule has 0 aromatic heterocycles. The zero-order chi connectivity index (χ0) is 10.9. The van der Waals surface area contributed by atoms with E-state index in [1.54, 1.807) is 6.08 Å². The third-order valence-electron chi connectivity index (χ3n) is 1.71. The van der Waals surface area contributed by atoms with Crippen LogP contribution in [-0.4, -0.2) is 23.6 Å². The molecule has 1 aliphatic carbocycles. The Hall–Kier alpha value is -2.11. The van der Waals surface area contributed by atoms with Gasteiger partial charge in [-0.15, -0.1) is 0 Å². The van der Waals surface area contributed by atoms with Crippen molar-refractivity contribution in [3.05, 3.63) is 40.8 Å². The second-order valence-electron chi connectivity index (χ2n) is 2.84. The Labute approximate surface area is 87.5 Å². The molecular weight excluding hydrogens is 192 g/mol. The number of carbonyl (C=O) groups is 1. The second kappa shape index (κ2) is 6.36. The number of allylic oxidation sites excluding steroid dienone is 4. The number of nitrogens with zero attached hydrogens (tertiary/aromatic N) is 2. The standard InChI is InChI=1S/C11H10N2O2/c12-13-9-11(14)15-8-4-7-10-5-2-1-3-6-10/h1-2,5,9H,4,7-8H2. The summed E-state index contributed by atoms with van der Waals surface area (Å²) in [4.78, 5) is 13.3. The fraction of sp³-hybridized carbons (Fsp3) is 0.273. The summed E-state index contributed by atoms with van der Waals surface area (Å²) in [6.45, 7) is 0.299. The lowest BCUT2D eigenvalue weighted by atomic mass is 10.1. The van der Waals surface area contributed by atoms with Gasteiger partial charge >= 0.3 is 12.2 Å². The first-order chi connectivity index (χ1) is 7.33. The van der Waals surface area contributed by atoms with E-state index in [1.165, 1.54) is 0 Å². The minimum absolute atomic E-state index is 0.299. The van der Waals surface area contributed by atoms with E-state index in [0.29, 0.717) is 13.0 Å². The lowest BCUT2D eigenvalue weighted by Crippen LogP contribution is -2.07. The van der Waals surface area contributed by atoms with Gasteiger partial charge in [-0.3, -0.25) is 0 Å². The first-order valence-electron chi connectivity index (χ1n) is 4.54. The van der Waals surface area contributed by atoms with Gasteiger partial charge in [0.25, 0.3) is 0 Å². The molecule has 0 atom stereocenters. The fourth-order valence-corrected chi connectivity index (χ4v) is 1.05.